The summed E-state index contributed by atoms with van der Waals surface area (Å²) in [6.45, 7) is 0. The summed E-state index contributed by atoms with van der Waals surface area (Å²) >= 11 is 5.10. The second-order valence-corrected chi connectivity index (χ2v) is 3.40. The molecule has 0 amide bonds. The Morgan fingerprint density at radius 2 is 2.18 bits per heavy atom. The summed E-state index contributed by atoms with van der Waals surface area (Å²) in [6.07, 6.45) is 1.70. The Kier molecular flexibility index (Phi) is 1.73. The van der Waals surface area contributed by atoms with Gasteiger partial charge in [0.05, 0.1) is 12.1 Å². The highest BCUT2D eigenvalue weighted by Gasteiger charge is 2.54. The molecule has 0 aromatic heterocycles. The molecule has 62 valence electrons. The van der Waals surface area contributed by atoms with Crippen LogP contribution in [0.4, 0.5) is 0 Å². The summed E-state index contributed by atoms with van der Waals surface area (Å²) in [5.74, 6) is 1.06. The molecule has 2 rings (SSSR count). The number of hydrogen-bond donors (Lipinski definition) is 2. The molecule has 0 aliphatic heterocycles. The van der Waals surface area contributed by atoms with Crippen LogP contribution in [0.5, 0.6) is 0 Å². The van der Waals surface area contributed by atoms with Crippen molar-refractivity contribution in [1.82, 2.24) is 4.94 Å². The van der Waals surface area contributed by atoms with Crippen LogP contribution in [0.3, 0.4) is 0 Å². The lowest BCUT2D eigenvalue weighted by molar-refractivity contribution is 0.156. The SMILES string of the molecule is O[C@H]1C[C@@H](N=NNCl)[C@@H]2C[C@@H]21. The number of rotatable bonds is 2. The first-order valence-corrected chi connectivity index (χ1v) is 4.14. The molecule has 0 saturated heterocycles. The molecule has 2 saturated carbocycles. The highest BCUT2D eigenvalue weighted by atomic mass is 35.5. The van der Waals surface area contributed by atoms with E-state index < -0.39 is 0 Å². The topological polar surface area (TPSA) is 57.0 Å². The molecule has 4 atom stereocenters. The number of hydrogen-bond acceptors (Lipinski definition) is 3. The van der Waals surface area contributed by atoms with Crippen molar-refractivity contribution in [3.8, 4) is 0 Å². The molecular weight excluding hydrogens is 166 g/mol. The van der Waals surface area contributed by atoms with Gasteiger partial charge in [0.25, 0.3) is 0 Å². The lowest BCUT2D eigenvalue weighted by Crippen LogP contribution is -2.09. The molecule has 0 aromatic carbocycles. The van der Waals surface area contributed by atoms with Crippen LogP contribution in [0.15, 0.2) is 10.3 Å². The summed E-state index contributed by atoms with van der Waals surface area (Å²) in [5, 5.41) is 16.8. The van der Waals surface area contributed by atoms with Crippen molar-refractivity contribution in [2.24, 2.45) is 22.2 Å². The van der Waals surface area contributed by atoms with Crippen LogP contribution in [-0.2, 0) is 0 Å². The first-order valence-electron chi connectivity index (χ1n) is 3.76. The third kappa shape index (κ3) is 1.20. The maximum Gasteiger partial charge on any atom is 0.0786 e. The van der Waals surface area contributed by atoms with Gasteiger partial charge in [0, 0.05) is 11.8 Å². The lowest BCUT2D eigenvalue weighted by Gasteiger charge is -2.04. The summed E-state index contributed by atoms with van der Waals surface area (Å²) < 4.78 is 0. The van der Waals surface area contributed by atoms with Gasteiger partial charge in [-0.05, 0) is 24.7 Å². The first-order chi connectivity index (χ1) is 5.33. The number of nitrogens with zero attached hydrogens (tertiary/aromatic N) is 2. The number of halogens is 1. The Morgan fingerprint density at radius 3 is 2.64 bits per heavy atom. The maximum atomic E-state index is 9.35. The van der Waals surface area contributed by atoms with Gasteiger partial charge in [0.15, 0.2) is 0 Å². The highest BCUT2D eigenvalue weighted by molar-refractivity contribution is 6.13. The van der Waals surface area contributed by atoms with E-state index >= 15 is 0 Å². The third-order valence-corrected chi connectivity index (χ3v) is 2.68. The average molecular weight is 176 g/mol. The zero-order chi connectivity index (χ0) is 7.84. The van der Waals surface area contributed by atoms with E-state index in [1.54, 1.807) is 0 Å². The molecule has 2 fully saturated rings. The first kappa shape index (κ1) is 7.31. The third-order valence-electron chi connectivity index (χ3n) is 2.61. The molecule has 0 unspecified atom stereocenters. The van der Waals surface area contributed by atoms with Gasteiger partial charge < -0.3 is 5.11 Å². The van der Waals surface area contributed by atoms with Crippen molar-refractivity contribution in [1.29, 1.82) is 0 Å². The van der Waals surface area contributed by atoms with E-state index in [9.17, 15) is 5.11 Å². The van der Waals surface area contributed by atoms with E-state index in [1.807, 2.05) is 0 Å². The summed E-state index contributed by atoms with van der Waals surface area (Å²) in [5.41, 5.74) is 0. The largest absolute Gasteiger partial charge is 0.393 e. The van der Waals surface area contributed by atoms with Crippen molar-refractivity contribution in [3.63, 3.8) is 0 Å². The zero-order valence-corrected chi connectivity index (χ0v) is 6.70. The van der Waals surface area contributed by atoms with E-state index in [0.29, 0.717) is 11.8 Å². The normalized spacial score (nSPS) is 47.8. The smallest absolute Gasteiger partial charge is 0.0786 e. The monoisotopic (exact) mass is 175 g/mol. The molecule has 2 aliphatic carbocycles. The molecule has 2 N–H and O–H groups in total. The standard InChI is InChI=1S/C6H10ClN3O/c7-9-10-8-5-2-6(11)4-1-3(4)5/h3-6,11H,1-2H2,(H,8,9)/t3-,4+,5-,6+/m1/s1. The van der Waals surface area contributed by atoms with E-state index in [0.717, 1.165) is 12.8 Å². The second kappa shape index (κ2) is 2.60. The Morgan fingerprint density at radius 1 is 1.36 bits per heavy atom. The van der Waals surface area contributed by atoms with E-state index in [2.05, 4.69) is 15.3 Å². The van der Waals surface area contributed by atoms with Crippen molar-refractivity contribution >= 4 is 11.8 Å². The van der Waals surface area contributed by atoms with Crippen LogP contribution in [0.1, 0.15) is 12.8 Å². The Bertz CT molecular complexity index is 187. The lowest BCUT2D eigenvalue weighted by atomic mass is 10.2. The second-order valence-electron chi connectivity index (χ2n) is 3.23. The number of aliphatic hydroxyl groups is 1. The number of nitrogens with one attached hydrogen (secondary N) is 1. The molecule has 0 spiro atoms. The molecular formula is C6H10ClN3O. The molecule has 0 aromatic rings. The predicted molar refractivity (Wildman–Crippen MR) is 39.9 cm³/mol. The van der Waals surface area contributed by atoms with Crippen LogP contribution < -0.4 is 4.94 Å². The molecule has 0 heterocycles. The van der Waals surface area contributed by atoms with Gasteiger partial charge in [-0.1, -0.05) is 5.22 Å². The zero-order valence-electron chi connectivity index (χ0n) is 5.94. The van der Waals surface area contributed by atoms with Crippen LogP contribution in [0, 0.1) is 11.8 Å². The van der Waals surface area contributed by atoms with Gasteiger partial charge in [-0.3, -0.25) is 0 Å². The highest BCUT2D eigenvalue weighted by Crippen LogP contribution is 2.53. The minimum absolute atomic E-state index is 0.153. The average Bonchev–Trinajstić information content (AvgIpc) is 2.71. The fourth-order valence-electron chi connectivity index (χ4n) is 1.95. The minimum atomic E-state index is -0.153. The van der Waals surface area contributed by atoms with Crippen molar-refractivity contribution < 1.29 is 5.11 Å². The Labute approximate surface area is 69.7 Å². The fourth-order valence-corrected chi connectivity index (χ4v) is 1.99. The summed E-state index contributed by atoms with van der Waals surface area (Å²) in [7, 11) is 0. The molecule has 5 heteroatoms. The number of fused-ring (bicyclic) bond motifs is 1. The van der Waals surface area contributed by atoms with Gasteiger partial charge in [0.1, 0.15) is 0 Å². The number of aliphatic hydroxyl groups excluding tert-OH is 1. The van der Waals surface area contributed by atoms with Crippen molar-refractivity contribution in [3.05, 3.63) is 0 Å². The minimum Gasteiger partial charge on any atom is -0.393 e. The quantitative estimate of drug-likeness (QED) is 0.372. The molecule has 0 bridgehead atoms. The van der Waals surface area contributed by atoms with Gasteiger partial charge in [-0.25, -0.2) is 4.94 Å². The van der Waals surface area contributed by atoms with Gasteiger partial charge >= 0.3 is 0 Å². The van der Waals surface area contributed by atoms with Crippen molar-refractivity contribution in [2.45, 2.75) is 25.0 Å². The molecule has 2 aliphatic rings. The van der Waals surface area contributed by atoms with Crippen LogP contribution in [0.25, 0.3) is 0 Å². The molecule has 0 radical (unpaired) electrons. The Hall–Kier alpha value is -0.350. The molecule has 4 nitrogen and oxygen atoms in total. The molecule has 11 heavy (non-hydrogen) atoms. The fraction of sp³-hybridized carbons (Fsp3) is 1.00. The summed E-state index contributed by atoms with van der Waals surface area (Å²) in [6, 6.07) is 0.196. The van der Waals surface area contributed by atoms with Gasteiger partial charge in [-0.15, -0.1) is 0 Å². The van der Waals surface area contributed by atoms with E-state index in [-0.39, 0.29) is 12.1 Å². The van der Waals surface area contributed by atoms with Crippen LogP contribution in [0.2, 0.25) is 0 Å². The van der Waals surface area contributed by atoms with Gasteiger partial charge in [-0.2, -0.15) is 5.11 Å². The van der Waals surface area contributed by atoms with Crippen molar-refractivity contribution in [2.75, 3.05) is 0 Å². The van der Waals surface area contributed by atoms with E-state index in [1.165, 1.54) is 0 Å². The van der Waals surface area contributed by atoms with Gasteiger partial charge in [0.2, 0.25) is 0 Å². The van der Waals surface area contributed by atoms with Crippen LogP contribution in [-0.4, -0.2) is 17.3 Å². The van der Waals surface area contributed by atoms with Crippen LogP contribution >= 0.6 is 11.8 Å². The predicted octanol–water partition coefficient (Wildman–Crippen LogP) is 0.866. The van der Waals surface area contributed by atoms with E-state index in [4.69, 9.17) is 11.8 Å². The Balaban J connectivity index is 1.92. The maximum absolute atomic E-state index is 9.35. The summed E-state index contributed by atoms with van der Waals surface area (Å²) in [4.78, 5) is 2.10.